The van der Waals surface area contributed by atoms with Crippen LogP contribution in [0.1, 0.15) is 27.4 Å². The van der Waals surface area contributed by atoms with Gasteiger partial charge in [-0.3, -0.25) is 9.00 Å². The predicted molar refractivity (Wildman–Crippen MR) is 97.1 cm³/mol. The van der Waals surface area contributed by atoms with E-state index in [1.165, 1.54) is 6.07 Å². The van der Waals surface area contributed by atoms with Gasteiger partial charge in [0, 0.05) is 46.2 Å². The van der Waals surface area contributed by atoms with E-state index in [2.05, 4.69) is 14.7 Å². The molecule has 0 spiro atoms. The number of hydrogen-bond acceptors (Lipinski definition) is 5. The Morgan fingerprint density at radius 1 is 1.17 bits per heavy atom. The number of aromatic nitrogens is 2. The molecule has 0 aliphatic carbocycles. The summed E-state index contributed by atoms with van der Waals surface area (Å²) in [5, 5.41) is 3.36. The summed E-state index contributed by atoms with van der Waals surface area (Å²) >= 11 is 0. The first-order valence-corrected chi connectivity index (χ1v) is 10.0. The number of hydrogen-bond donors (Lipinski definition) is 0. The van der Waals surface area contributed by atoms with Crippen molar-refractivity contribution < 1.29 is 26.7 Å². The lowest BCUT2D eigenvalue weighted by Crippen LogP contribution is -2.23. The molecule has 150 valence electrons. The van der Waals surface area contributed by atoms with E-state index in [9.17, 15) is 22.2 Å². The number of rotatable bonds is 4. The minimum Gasteiger partial charge on any atom is -0.330 e. The zero-order valence-corrected chi connectivity index (χ0v) is 15.9. The molecule has 0 saturated carbocycles. The second kappa shape index (κ2) is 7.11. The summed E-state index contributed by atoms with van der Waals surface area (Å²) in [6.07, 6.45) is -3.14. The maximum absolute atomic E-state index is 12.8. The molecule has 4 rings (SSSR count). The van der Waals surface area contributed by atoms with Gasteiger partial charge < -0.3 is 9.42 Å². The molecule has 1 aliphatic heterocycles. The Balaban J connectivity index is 1.54. The number of halogens is 3. The van der Waals surface area contributed by atoms with Crippen molar-refractivity contribution in [3.8, 4) is 11.4 Å². The molecular formula is C19H14F3N3O3S. The highest BCUT2D eigenvalue weighted by Crippen LogP contribution is 2.32. The smallest absolute Gasteiger partial charge is 0.330 e. The third-order valence-corrected chi connectivity index (χ3v) is 5.48. The topological polar surface area (TPSA) is 76.3 Å². The molecule has 1 aromatic heterocycles. The van der Waals surface area contributed by atoms with Crippen LogP contribution in [0.3, 0.4) is 0 Å². The van der Waals surface area contributed by atoms with Crippen molar-refractivity contribution in [1.82, 2.24) is 15.0 Å². The molecule has 10 heteroatoms. The number of nitrogens with zero attached hydrogens (tertiary/aromatic N) is 3. The van der Waals surface area contributed by atoms with Crippen molar-refractivity contribution in [3.05, 3.63) is 65.0 Å². The summed E-state index contributed by atoms with van der Waals surface area (Å²) in [4.78, 5) is 18.4. The van der Waals surface area contributed by atoms with Crippen LogP contribution >= 0.6 is 0 Å². The molecule has 1 aliphatic rings. The molecule has 1 unspecified atom stereocenters. The molecule has 3 aromatic rings. The largest absolute Gasteiger partial charge is 0.471 e. The van der Waals surface area contributed by atoms with Crippen LogP contribution in [0.2, 0.25) is 0 Å². The molecular weight excluding hydrogens is 407 g/mol. The second-order valence-corrected chi connectivity index (χ2v) is 7.93. The van der Waals surface area contributed by atoms with Gasteiger partial charge in [0.2, 0.25) is 5.82 Å². The zero-order valence-electron chi connectivity index (χ0n) is 15.1. The van der Waals surface area contributed by atoms with Gasteiger partial charge in [-0.2, -0.15) is 18.2 Å². The third kappa shape index (κ3) is 3.80. The molecule has 0 saturated heterocycles. The Kier molecular flexibility index (Phi) is 4.73. The van der Waals surface area contributed by atoms with Crippen LogP contribution in [0, 0.1) is 0 Å². The first-order valence-electron chi connectivity index (χ1n) is 8.48. The van der Waals surface area contributed by atoms with Crippen molar-refractivity contribution in [2.45, 2.75) is 24.2 Å². The Morgan fingerprint density at radius 3 is 2.52 bits per heavy atom. The van der Waals surface area contributed by atoms with Gasteiger partial charge in [0.1, 0.15) is 0 Å². The van der Waals surface area contributed by atoms with Crippen molar-refractivity contribution in [3.63, 3.8) is 0 Å². The number of fused-ring (bicyclic) bond motifs is 1. The summed E-state index contributed by atoms with van der Waals surface area (Å²) in [5.41, 5.74) is 2.32. The van der Waals surface area contributed by atoms with Crippen LogP contribution in [0.4, 0.5) is 13.2 Å². The Bertz CT molecular complexity index is 1110. The number of carbonyl (C=O) groups is 1. The molecule has 6 nitrogen and oxygen atoms in total. The Hall–Kier alpha value is -3.01. The summed E-state index contributed by atoms with van der Waals surface area (Å²) in [5.74, 6) is -1.89. The van der Waals surface area contributed by atoms with Gasteiger partial charge in [-0.05, 0) is 29.3 Å². The summed E-state index contributed by atoms with van der Waals surface area (Å²) in [6.45, 7) is 0.746. The maximum atomic E-state index is 12.8. The van der Waals surface area contributed by atoms with Crippen LogP contribution in [0.15, 0.2) is 51.9 Å². The fraction of sp³-hybridized carbons (Fsp3) is 0.211. The van der Waals surface area contributed by atoms with Gasteiger partial charge in [0.25, 0.3) is 5.91 Å². The number of alkyl halides is 3. The lowest BCUT2D eigenvalue weighted by atomic mass is 10.1. The number of amides is 1. The van der Waals surface area contributed by atoms with E-state index in [1.54, 1.807) is 35.4 Å². The van der Waals surface area contributed by atoms with Gasteiger partial charge in [-0.25, -0.2) is 0 Å². The van der Waals surface area contributed by atoms with E-state index in [4.69, 9.17) is 0 Å². The van der Waals surface area contributed by atoms with Crippen molar-refractivity contribution in [2.24, 2.45) is 0 Å². The third-order valence-electron chi connectivity index (χ3n) is 4.54. The molecule has 0 fully saturated rings. The van der Waals surface area contributed by atoms with Crippen molar-refractivity contribution in [2.75, 3.05) is 6.26 Å². The number of carbonyl (C=O) groups excluding carboxylic acids is 1. The summed E-state index contributed by atoms with van der Waals surface area (Å²) in [7, 11) is -1.08. The van der Waals surface area contributed by atoms with Gasteiger partial charge in [-0.15, -0.1) is 0 Å². The lowest BCUT2D eigenvalue weighted by Gasteiger charge is -2.15. The van der Waals surface area contributed by atoms with Crippen LogP contribution in [0.25, 0.3) is 11.4 Å². The maximum Gasteiger partial charge on any atom is 0.471 e. The predicted octanol–water partition coefficient (Wildman–Crippen LogP) is 3.65. The SMILES string of the molecule is CS(=O)c1ccc(CN2Cc3ccc(-c4noc(C(F)(F)F)n4)cc3C2=O)cc1. The molecule has 1 amide bonds. The fourth-order valence-corrected chi connectivity index (χ4v) is 3.61. The van der Waals surface area contributed by atoms with Gasteiger partial charge in [-0.1, -0.05) is 29.4 Å². The molecule has 29 heavy (non-hydrogen) atoms. The van der Waals surface area contributed by atoms with Gasteiger partial charge in [0.15, 0.2) is 0 Å². The van der Waals surface area contributed by atoms with Crippen molar-refractivity contribution in [1.29, 1.82) is 0 Å². The Morgan fingerprint density at radius 2 is 1.90 bits per heavy atom. The average Bonchev–Trinajstić information content (AvgIpc) is 3.28. The first-order chi connectivity index (χ1) is 13.7. The quantitative estimate of drug-likeness (QED) is 0.643. The minimum absolute atomic E-state index is 0.227. The fourth-order valence-electron chi connectivity index (χ4n) is 3.09. The standard InChI is InChI=1S/C19H14F3N3O3S/c1-29(27)14-6-2-11(3-7-14)9-25-10-13-5-4-12(8-15(13)17(25)26)16-23-18(28-24-16)19(20,21)22/h2-8H,9-10H2,1H3. The molecule has 1 atom stereocenters. The highest BCUT2D eigenvalue weighted by atomic mass is 32.2. The van der Waals surface area contributed by atoms with Crippen molar-refractivity contribution >= 4 is 16.7 Å². The van der Waals surface area contributed by atoms with Crippen LogP contribution in [0.5, 0.6) is 0 Å². The highest BCUT2D eigenvalue weighted by Gasteiger charge is 2.38. The molecule has 0 N–H and O–H groups in total. The summed E-state index contributed by atoms with van der Waals surface area (Å²) in [6, 6.07) is 11.9. The average molecular weight is 421 g/mol. The van der Waals surface area contributed by atoms with Crippen LogP contribution < -0.4 is 0 Å². The van der Waals surface area contributed by atoms with E-state index < -0.39 is 22.9 Å². The van der Waals surface area contributed by atoms with E-state index in [0.29, 0.717) is 23.5 Å². The van der Waals surface area contributed by atoms with Crippen LogP contribution in [-0.2, 0) is 30.1 Å². The van der Waals surface area contributed by atoms with Crippen LogP contribution in [-0.4, -0.2) is 31.4 Å². The van der Waals surface area contributed by atoms with Gasteiger partial charge >= 0.3 is 12.1 Å². The van der Waals surface area contributed by atoms with Gasteiger partial charge in [0.05, 0.1) is 0 Å². The molecule has 2 aromatic carbocycles. The molecule has 0 radical (unpaired) electrons. The van der Waals surface area contributed by atoms with E-state index in [-0.39, 0.29) is 17.3 Å². The molecule has 2 heterocycles. The van der Waals surface area contributed by atoms with E-state index in [0.717, 1.165) is 11.1 Å². The lowest BCUT2D eigenvalue weighted by molar-refractivity contribution is -0.159. The van der Waals surface area contributed by atoms with E-state index >= 15 is 0 Å². The monoisotopic (exact) mass is 421 g/mol. The van der Waals surface area contributed by atoms with E-state index in [1.807, 2.05) is 12.1 Å². The highest BCUT2D eigenvalue weighted by molar-refractivity contribution is 7.84. The normalized spacial score (nSPS) is 14.9. The zero-order chi connectivity index (χ0) is 20.8. The second-order valence-electron chi connectivity index (χ2n) is 6.55. The summed E-state index contributed by atoms with van der Waals surface area (Å²) < 4.78 is 53.7. The molecule has 0 bridgehead atoms. The number of benzene rings is 2. The minimum atomic E-state index is -4.73. The Labute approximate surface area is 165 Å². The first kappa shape index (κ1) is 19.3.